The Bertz CT molecular complexity index is 583. The number of benzene rings is 1. The van der Waals surface area contributed by atoms with E-state index in [1.54, 1.807) is 13.1 Å². The van der Waals surface area contributed by atoms with E-state index >= 15 is 0 Å². The summed E-state index contributed by atoms with van der Waals surface area (Å²) in [4.78, 5) is 6.59. The molecule has 27 heavy (non-hydrogen) atoms. The zero-order valence-electron chi connectivity index (χ0n) is 16.6. The topological polar surface area (TPSA) is 48.9 Å². The zero-order chi connectivity index (χ0) is 20.2. The Hall–Kier alpha value is -1.60. The SMILES string of the molecule is CCN(CC)CCCC(C)NC(=NC)NCc1cc(Cl)ccc1OC(F)F. The molecule has 0 heterocycles. The van der Waals surface area contributed by atoms with Crippen molar-refractivity contribution in [3.05, 3.63) is 28.8 Å². The maximum atomic E-state index is 12.5. The molecular weight excluding hydrogens is 374 g/mol. The minimum atomic E-state index is -2.88. The predicted molar refractivity (Wildman–Crippen MR) is 108 cm³/mol. The Kier molecular flexibility index (Phi) is 11.0. The van der Waals surface area contributed by atoms with Gasteiger partial charge in [0.2, 0.25) is 0 Å². The molecular formula is C19H31ClF2N4O. The Morgan fingerprint density at radius 1 is 1.30 bits per heavy atom. The minimum Gasteiger partial charge on any atom is -0.434 e. The summed E-state index contributed by atoms with van der Waals surface area (Å²) in [6.07, 6.45) is 2.10. The average Bonchev–Trinajstić information content (AvgIpc) is 2.63. The van der Waals surface area contributed by atoms with E-state index in [4.69, 9.17) is 11.6 Å². The molecule has 0 saturated carbocycles. The van der Waals surface area contributed by atoms with E-state index in [0.717, 1.165) is 32.5 Å². The molecule has 5 nitrogen and oxygen atoms in total. The van der Waals surface area contributed by atoms with Gasteiger partial charge in [-0.25, -0.2) is 0 Å². The maximum Gasteiger partial charge on any atom is 0.387 e. The Morgan fingerprint density at radius 3 is 2.59 bits per heavy atom. The molecule has 0 bridgehead atoms. The van der Waals surface area contributed by atoms with E-state index in [9.17, 15) is 8.78 Å². The van der Waals surface area contributed by atoms with Crippen LogP contribution in [-0.4, -0.2) is 50.2 Å². The summed E-state index contributed by atoms with van der Waals surface area (Å²) in [5, 5.41) is 6.90. The predicted octanol–water partition coefficient (Wildman–Crippen LogP) is 4.12. The van der Waals surface area contributed by atoms with Crippen LogP contribution < -0.4 is 15.4 Å². The van der Waals surface area contributed by atoms with Crippen LogP contribution in [0.1, 0.15) is 39.2 Å². The fraction of sp³-hybridized carbons (Fsp3) is 0.632. The first kappa shape index (κ1) is 23.4. The first-order valence-electron chi connectivity index (χ1n) is 9.32. The lowest BCUT2D eigenvalue weighted by Crippen LogP contribution is -2.42. The monoisotopic (exact) mass is 404 g/mol. The van der Waals surface area contributed by atoms with E-state index in [1.807, 2.05) is 0 Å². The fourth-order valence-corrected chi connectivity index (χ4v) is 2.93. The number of rotatable bonds is 11. The molecule has 0 radical (unpaired) electrons. The zero-order valence-corrected chi connectivity index (χ0v) is 17.3. The lowest BCUT2D eigenvalue weighted by atomic mass is 10.1. The first-order valence-corrected chi connectivity index (χ1v) is 9.70. The molecule has 8 heteroatoms. The molecule has 2 N–H and O–H groups in total. The summed E-state index contributed by atoms with van der Waals surface area (Å²) < 4.78 is 29.6. The molecule has 1 rings (SSSR count). The third kappa shape index (κ3) is 9.24. The number of guanidine groups is 1. The summed E-state index contributed by atoms with van der Waals surface area (Å²) >= 11 is 5.97. The van der Waals surface area contributed by atoms with Crippen molar-refractivity contribution in [2.45, 2.75) is 52.8 Å². The highest BCUT2D eigenvalue weighted by molar-refractivity contribution is 6.30. The molecule has 0 aliphatic carbocycles. The molecule has 1 atom stereocenters. The van der Waals surface area contributed by atoms with Crippen molar-refractivity contribution < 1.29 is 13.5 Å². The third-order valence-corrected chi connectivity index (χ3v) is 4.53. The van der Waals surface area contributed by atoms with Gasteiger partial charge in [0.15, 0.2) is 5.96 Å². The largest absolute Gasteiger partial charge is 0.434 e. The summed E-state index contributed by atoms with van der Waals surface area (Å²) in [6, 6.07) is 4.81. The number of nitrogens with one attached hydrogen (secondary N) is 2. The number of aliphatic imine (C=N–C) groups is 1. The third-order valence-electron chi connectivity index (χ3n) is 4.30. The van der Waals surface area contributed by atoms with Crippen LogP contribution in [0.3, 0.4) is 0 Å². The Morgan fingerprint density at radius 2 is 2.00 bits per heavy atom. The number of nitrogens with zero attached hydrogens (tertiary/aromatic N) is 2. The summed E-state index contributed by atoms with van der Waals surface area (Å²) in [5.41, 5.74) is 0.542. The molecule has 1 aromatic carbocycles. The molecule has 0 saturated heterocycles. The van der Waals surface area contributed by atoms with Crippen molar-refractivity contribution in [3.63, 3.8) is 0 Å². The molecule has 1 aromatic rings. The van der Waals surface area contributed by atoms with Gasteiger partial charge in [-0.15, -0.1) is 0 Å². The van der Waals surface area contributed by atoms with Crippen LogP contribution in [0.25, 0.3) is 0 Å². The maximum absolute atomic E-state index is 12.5. The lowest BCUT2D eigenvalue weighted by molar-refractivity contribution is -0.0504. The van der Waals surface area contributed by atoms with Crippen LogP contribution >= 0.6 is 11.6 Å². The molecule has 0 aliphatic rings. The highest BCUT2D eigenvalue weighted by Gasteiger charge is 2.12. The van der Waals surface area contributed by atoms with Gasteiger partial charge in [-0.05, 0) is 57.6 Å². The van der Waals surface area contributed by atoms with Crippen molar-refractivity contribution in [3.8, 4) is 5.75 Å². The van der Waals surface area contributed by atoms with Crippen molar-refractivity contribution in [2.75, 3.05) is 26.7 Å². The quantitative estimate of drug-likeness (QED) is 0.430. The lowest BCUT2D eigenvalue weighted by Gasteiger charge is -2.21. The van der Waals surface area contributed by atoms with Crippen LogP contribution in [0.2, 0.25) is 5.02 Å². The van der Waals surface area contributed by atoms with E-state index in [2.05, 4.69) is 46.0 Å². The van der Waals surface area contributed by atoms with Crippen LogP contribution in [0.4, 0.5) is 8.78 Å². The molecule has 0 fully saturated rings. The summed E-state index contributed by atoms with van der Waals surface area (Å²) in [6.45, 7) is 7.01. The van der Waals surface area contributed by atoms with Crippen LogP contribution in [0.15, 0.2) is 23.2 Å². The highest BCUT2D eigenvalue weighted by atomic mass is 35.5. The van der Waals surface area contributed by atoms with Gasteiger partial charge in [0.1, 0.15) is 5.75 Å². The van der Waals surface area contributed by atoms with Gasteiger partial charge < -0.3 is 20.3 Å². The first-order chi connectivity index (χ1) is 12.9. The van der Waals surface area contributed by atoms with Gasteiger partial charge in [0.05, 0.1) is 0 Å². The number of alkyl halides is 2. The standard InChI is InChI=1S/C19H31ClF2N4O/c1-5-26(6-2)11-7-8-14(3)25-19(23-4)24-13-15-12-16(20)9-10-17(15)27-18(21)22/h9-10,12,14,18H,5-8,11,13H2,1-4H3,(H2,23,24,25). The van der Waals surface area contributed by atoms with E-state index in [1.165, 1.54) is 12.1 Å². The molecule has 1 unspecified atom stereocenters. The number of hydrogen-bond donors (Lipinski definition) is 2. The van der Waals surface area contributed by atoms with Crippen molar-refractivity contribution >= 4 is 17.6 Å². The summed E-state index contributed by atoms with van der Waals surface area (Å²) in [7, 11) is 1.67. The normalized spacial score (nSPS) is 13.1. The second-order valence-electron chi connectivity index (χ2n) is 6.27. The Balaban J connectivity index is 2.53. The van der Waals surface area contributed by atoms with E-state index < -0.39 is 6.61 Å². The number of hydrogen-bond acceptors (Lipinski definition) is 3. The van der Waals surface area contributed by atoms with Gasteiger partial charge in [0.25, 0.3) is 0 Å². The smallest absolute Gasteiger partial charge is 0.387 e. The molecule has 0 spiro atoms. The highest BCUT2D eigenvalue weighted by Crippen LogP contribution is 2.24. The van der Waals surface area contributed by atoms with E-state index in [-0.39, 0.29) is 18.3 Å². The van der Waals surface area contributed by atoms with Crippen molar-refractivity contribution in [1.29, 1.82) is 0 Å². The fourth-order valence-electron chi connectivity index (χ4n) is 2.74. The van der Waals surface area contributed by atoms with Gasteiger partial charge in [-0.2, -0.15) is 8.78 Å². The van der Waals surface area contributed by atoms with E-state index in [0.29, 0.717) is 16.5 Å². The number of ether oxygens (including phenoxy) is 1. The second-order valence-corrected chi connectivity index (χ2v) is 6.71. The van der Waals surface area contributed by atoms with Gasteiger partial charge in [-0.3, -0.25) is 4.99 Å². The van der Waals surface area contributed by atoms with Gasteiger partial charge in [-0.1, -0.05) is 25.4 Å². The van der Waals surface area contributed by atoms with Crippen LogP contribution in [-0.2, 0) is 6.54 Å². The van der Waals surface area contributed by atoms with Crippen LogP contribution in [0, 0.1) is 0 Å². The van der Waals surface area contributed by atoms with Crippen molar-refractivity contribution in [1.82, 2.24) is 15.5 Å². The van der Waals surface area contributed by atoms with Gasteiger partial charge in [0, 0.05) is 30.2 Å². The minimum absolute atomic E-state index is 0.102. The molecule has 0 amide bonds. The second kappa shape index (κ2) is 12.7. The number of halogens is 3. The summed E-state index contributed by atoms with van der Waals surface area (Å²) in [5.74, 6) is 0.706. The Labute approximate surface area is 166 Å². The van der Waals surface area contributed by atoms with Crippen LogP contribution in [0.5, 0.6) is 5.75 Å². The average molecular weight is 405 g/mol. The molecule has 0 aliphatic heterocycles. The van der Waals surface area contributed by atoms with Gasteiger partial charge >= 0.3 is 6.61 Å². The molecule has 154 valence electrons. The molecule has 0 aromatic heterocycles. The van der Waals surface area contributed by atoms with Crippen molar-refractivity contribution in [2.24, 2.45) is 4.99 Å².